The number of hydrogen-bond acceptors (Lipinski definition) is 4. The quantitative estimate of drug-likeness (QED) is 0.889. The lowest BCUT2D eigenvalue weighted by Gasteiger charge is -2.21. The molecule has 3 heterocycles. The first-order chi connectivity index (χ1) is 10.2. The number of amides is 1. The number of carbonyl (C=O) groups is 1. The number of nitrogens with two attached hydrogens (primary N) is 1. The minimum absolute atomic E-state index is 0.0130. The smallest absolute Gasteiger partial charge is 0.257 e. The van der Waals surface area contributed by atoms with Crippen LogP contribution in [0.2, 0.25) is 0 Å². The second-order valence-corrected chi connectivity index (χ2v) is 5.54. The van der Waals surface area contributed by atoms with E-state index in [4.69, 9.17) is 5.73 Å². The van der Waals surface area contributed by atoms with E-state index >= 15 is 0 Å². The van der Waals surface area contributed by atoms with Crippen molar-refractivity contribution >= 4 is 5.91 Å². The van der Waals surface area contributed by atoms with Crippen LogP contribution < -0.4 is 5.73 Å². The number of carbonyl (C=O) groups excluding carboxylic acids is 1. The monoisotopic (exact) mass is 285 g/mol. The lowest BCUT2D eigenvalue weighted by atomic mass is 10.1. The Balaban J connectivity index is 1.88. The molecule has 2 aromatic rings. The highest BCUT2D eigenvalue weighted by Gasteiger charge is 2.33. The molecule has 6 heteroatoms. The Morgan fingerprint density at radius 1 is 1.48 bits per heavy atom. The van der Waals surface area contributed by atoms with Crippen molar-refractivity contribution in [2.75, 3.05) is 13.1 Å². The van der Waals surface area contributed by atoms with Crippen molar-refractivity contribution in [2.24, 2.45) is 11.7 Å². The van der Waals surface area contributed by atoms with E-state index in [1.165, 1.54) is 0 Å². The molecule has 1 saturated heterocycles. The molecule has 0 spiro atoms. The maximum absolute atomic E-state index is 12.8. The summed E-state index contributed by atoms with van der Waals surface area (Å²) in [5.41, 5.74) is 7.99. The summed E-state index contributed by atoms with van der Waals surface area (Å²) >= 11 is 0. The molecule has 1 fully saturated rings. The van der Waals surface area contributed by atoms with E-state index in [9.17, 15) is 4.79 Å². The van der Waals surface area contributed by atoms with Gasteiger partial charge in [0.15, 0.2) is 0 Å². The lowest BCUT2D eigenvalue weighted by molar-refractivity contribution is 0.0744. The van der Waals surface area contributed by atoms with Crippen molar-refractivity contribution in [1.29, 1.82) is 0 Å². The van der Waals surface area contributed by atoms with Gasteiger partial charge in [0, 0.05) is 30.5 Å². The third-order valence-corrected chi connectivity index (χ3v) is 4.09. The molecule has 0 radical (unpaired) electrons. The highest BCUT2D eigenvalue weighted by Crippen LogP contribution is 2.27. The van der Waals surface area contributed by atoms with Gasteiger partial charge in [-0.15, -0.1) is 0 Å². The maximum Gasteiger partial charge on any atom is 0.257 e. The number of H-pyrrole nitrogens is 1. The summed E-state index contributed by atoms with van der Waals surface area (Å²) in [6, 6.07) is 3.94. The van der Waals surface area contributed by atoms with E-state index in [2.05, 4.69) is 22.1 Å². The first-order valence-electron chi connectivity index (χ1n) is 7.15. The van der Waals surface area contributed by atoms with Gasteiger partial charge in [-0.1, -0.05) is 0 Å². The van der Waals surface area contributed by atoms with E-state index in [1.807, 2.05) is 17.0 Å². The zero-order chi connectivity index (χ0) is 14.8. The molecule has 2 atom stereocenters. The van der Waals surface area contributed by atoms with Crippen LogP contribution in [0.1, 0.15) is 23.7 Å². The Kier molecular flexibility index (Phi) is 3.70. The summed E-state index contributed by atoms with van der Waals surface area (Å²) in [6.07, 6.45) is 5.96. The molecule has 2 unspecified atom stereocenters. The Labute approximate surface area is 123 Å². The number of likely N-dealkylation sites (tertiary alicyclic amines) is 1. The Morgan fingerprint density at radius 3 is 2.90 bits per heavy atom. The number of pyridine rings is 1. The van der Waals surface area contributed by atoms with E-state index in [0.717, 1.165) is 24.2 Å². The molecule has 3 rings (SSSR count). The molecule has 6 nitrogen and oxygen atoms in total. The van der Waals surface area contributed by atoms with Crippen molar-refractivity contribution in [3.63, 3.8) is 0 Å². The average Bonchev–Trinajstić information content (AvgIpc) is 3.14. The van der Waals surface area contributed by atoms with Gasteiger partial charge in [0.25, 0.3) is 5.91 Å². The van der Waals surface area contributed by atoms with Crippen LogP contribution in [0.4, 0.5) is 0 Å². The maximum atomic E-state index is 12.8. The second-order valence-electron chi connectivity index (χ2n) is 5.54. The fraction of sp³-hybridized carbons (Fsp3) is 0.400. The summed E-state index contributed by atoms with van der Waals surface area (Å²) in [6.45, 7) is 3.41. The molecule has 0 saturated carbocycles. The molecule has 3 N–H and O–H groups in total. The van der Waals surface area contributed by atoms with Crippen LogP contribution in [0.25, 0.3) is 11.3 Å². The van der Waals surface area contributed by atoms with Crippen molar-refractivity contribution in [1.82, 2.24) is 20.1 Å². The number of aromatic nitrogens is 3. The van der Waals surface area contributed by atoms with Gasteiger partial charge in [-0.2, -0.15) is 5.10 Å². The number of rotatable bonds is 3. The molecule has 1 amide bonds. The summed E-state index contributed by atoms with van der Waals surface area (Å²) in [5.74, 6) is 0.402. The standard InChI is InChI=1S/C15H19N5O/c1-10-6-11(7-16)9-20(10)15(21)13-8-18-19-14(13)12-2-4-17-5-3-12/h2-5,8,10-11H,6-7,9,16H2,1H3,(H,18,19). The van der Waals surface area contributed by atoms with Gasteiger partial charge in [-0.05, 0) is 37.9 Å². The fourth-order valence-electron chi connectivity index (χ4n) is 2.94. The van der Waals surface area contributed by atoms with E-state index in [0.29, 0.717) is 18.0 Å². The summed E-state index contributed by atoms with van der Waals surface area (Å²) in [4.78, 5) is 18.7. The summed E-state index contributed by atoms with van der Waals surface area (Å²) in [7, 11) is 0. The number of aromatic amines is 1. The molecule has 0 bridgehead atoms. The zero-order valence-corrected chi connectivity index (χ0v) is 12.0. The zero-order valence-electron chi connectivity index (χ0n) is 12.0. The number of hydrogen-bond donors (Lipinski definition) is 2. The van der Waals surface area contributed by atoms with Crippen molar-refractivity contribution < 1.29 is 4.79 Å². The van der Waals surface area contributed by atoms with Crippen molar-refractivity contribution in [2.45, 2.75) is 19.4 Å². The minimum atomic E-state index is 0.0130. The van der Waals surface area contributed by atoms with Gasteiger partial charge in [0.2, 0.25) is 0 Å². The van der Waals surface area contributed by atoms with Crippen molar-refractivity contribution in [3.8, 4) is 11.3 Å². The van der Waals surface area contributed by atoms with Crippen LogP contribution in [-0.2, 0) is 0 Å². The van der Waals surface area contributed by atoms with Crippen LogP contribution in [0.5, 0.6) is 0 Å². The minimum Gasteiger partial charge on any atom is -0.335 e. The molecule has 0 aromatic carbocycles. The van der Waals surface area contributed by atoms with Crippen molar-refractivity contribution in [3.05, 3.63) is 36.3 Å². The lowest BCUT2D eigenvalue weighted by Crippen LogP contribution is -2.34. The van der Waals surface area contributed by atoms with E-state index < -0.39 is 0 Å². The highest BCUT2D eigenvalue weighted by molar-refractivity contribution is 6.00. The van der Waals surface area contributed by atoms with Gasteiger partial charge in [-0.3, -0.25) is 14.9 Å². The molecule has 0 aliphatic carbocycles. The number of nitrogens with one attached hydrogen (secondary N) is 1. The van der Waals surface area contributed by atoms with Crippen LogP contribution in [0.3, 0.4) is 0 Å². The summed E-state index contributed by atoms with van der Waals surface area (Å²) < 4.78 is 0. The molecule has 2 aromatic heterocycles. The first kappa shape index (κ1) is 13.8. The third-order valence-electron chi connectivity index (χ3n) is 4.09. The van der Waals surface area contributed by atoms with Crippen LogP contribution in [0, 0.1) is 5.92 Å². The Bertz CT molecular complexity index is 624. The highest BCUT2D eigenvalue weighted by atomic mass is 16.2. The Hall–Kier alpha value is -2.21. The van der Waals surface area contributed by atoms with Crippen LogP contribution in [0.15, 0.2) is 30.7 Å². The molecule has 1 aliphatic heterocycles. The normalized spacial score (nSPS) is 21.7. The largest absolute Gasteiger partial charge is 0.335 e. The van der Waals surface area contributed by atoms with E-state index in [1.54, 1.807) is 18.6 Å². The fourth-order valence-corrected chi connectivity index (χ4v) is 2.94. The molecule has 1 aliphatic rings. The van der Waals surface area contributed by atoms with Gasteiger partial charge in [-0.25, -0.2) is 0 Å². The molecular formula is C15H19N5O. The second kappa shape index (κ2) is 5.65. The molecule has 110 valence electrons. The van der Waals surface area contributed by atoms with Crippen LogP contribution in [-0.4, -0.2) is 45.1 Å². The van der Waals surface area contributed by atoms with Crippen LogP contribution >= 0.6 is 0 Å². The van der Waals surface area contributed by atoms with Gasteiger partial charge in [0.1, 0.15) is 0 Å². The van der Waals surface area contributed by atoms with Gasteiger partial charge < -0.3 is 10.6 Å². The predicted octanol–water partition coefficient (Wildman–Crippen LogP) is 1.28. The SMILES string of the molecule is CC1CC(CN)CN1C(=O)c1cn[nH]c1-c1ccncc1. The third kappa shape index (κ3) is 2.54. The average molecular weight is 285 g/mol. The summed E-state index contributed by atoms with van der Waals surface area (Å²) in [5, 5.41) is 6.95. The van der Waals surface area contributed by atoms with E-state index in [-0.39, 0.29) is 11.9 Å². The molecular weight excluding hydrogens is 266 g/mol. The molecule has 21 heavy (non-hydrogen) atoms. The topological polar surface area (TPSA) is 87.9 Å². The Morgan fingerprint density at radius 2 is 2.24 bits per heavy atom. The number of nitrogens with zero attached hydrogens (tertiary/aromatic N) is 3. The first-order valence-corrected chi connectivity index (χ1v) is 7.15. The van der Waals surface area contributed by atoms with Gasteiger partial charge >= 0.3 is 0 Å². The van der Waals surface area contributed by atoms with Gasteiger partial charge in [0.05, 0.1) is 17.5 Å². The predicted molar refractivity (Wildman–Crippen MR) is 79.5 cm³/mol.